The van der Waals surface area contributed by atoms with Crippen LogP contribution in [0.1, 0.15) is 5.56 Å². The third kappa shape index (κ3) is 6.22. The van der Waals surface area contributed by atoms with Crippen molar-refractivity contribution in [2.75, 3.05) is 19.0 Å². The Morgan fingerprint density at radius 3 is 2.53 bits per heavy atom. The van der Waals surface area contributed by atoms with Gasteiger partial charge >= 0.3 is 5.97 Å². The standard InChI is InChI=1S/C11H16NO4P/c13-11(14)8-12-9-17(15,16)7-6-10-4-2-1-3-5-10/h1-5,12H,6-9H2,(H,13,14)(H,15,16). The Balaban J connectivity index is 2.34. The first-order chi connectivity index (χ1) is 7.99. The van der Waals surface area contributed by atoms with Gasteiger partial charge in [-0.2, -0.15) is 0 Å². The van der Waals surface area contributed by atoms with Crippen LogP contribution in [0.3, 0.4) is 0 Å². The summed E-state index contributed by atoms with van der Waals surface area (Å²) in [6, 6.07) is 9.42. The average Bonchev–Trinajstić information content (AvgIpc) is 2.27. The molecule has 0 aliphatic rings. The lowest BCUT2D eigenvalue weighted by molar-refractivity contribution is -0.135. The highest BCUT2D eigenvalue weighted by Gasteiger charge is 2.17. The second-order valence-corrected chi connectivity index (χ2v) is 6.24. The fourth-order valence-corrected chi connectivity index (χ4v) is 2.59. The fourth-order valence-electron chi connectivity index (χ4n) is 1.37. The van der Waals surface area contributed by atoms with Crippen LogP contribution in [0.15, 0.2) is 30.3 Å². The quantitative estimate of drug-likeness (QED) is 0.637. The number of hydrogen-bond donors (Lipinski definition) is 3. The van der Waals surface area contributed by atoms with Gasteiger partial charge in [-0.25, -0.2) is 0 Å². The molecule has 0 saturated carbocycles. The van der Waals surface area contributed by atoms with Gasteiger partial charge in [0.05, 0.1) is 12.8 Å². The predicted molar refractivity (Wildman–Crippen MR) is 65.3 cm³/mol. The third-order valence-corrected chi connectivity index (χ3v) is 3.87. The maximum atomic E-state index is 11.7. The maximum Gasteiger partial charge on any atom is 0.317 e. The molecule has 0 heterocycles. The van der Waals surface area contributed by atoms with Crippen LogP contribution >= 0.6 is 7.37 Å². The molecule has 0 saturated heterocycles. The number of aliphatic carboxylic acids is 1. The van der Waals surface area contributed by atoms with E-state index < -0.39 is 13.3 Å². The molecule has 0 spiro atoms. The molecule has 0 aromatic heterocycles. The predicted octanol–water partition coefficient (Wildman–Crippen LogP) is 1.13. The first-order valence-corrected chi connectivity index (χ1v) is 7.30. The highest BCUT2D eigenvalue weighted by Crippen LogP contribution is 2.39. The topological polar surface area (TPSA) is 86.6 Å². The van der Waals surface area contributed by atoms with E-state index in [1.54, 1.807) is 0 Å². The van der Waals surface area contributed by atoms with Crippen molar-refractivity contribution in [2.45, 2.75) is 6.42 Å². The molecular formula is C11H16NO4P. The molecule has 3 N–H and O–H groups in total. The lowest BCUT2D eigenvalue weighted by Gasteiger charge is -2.11. The molecule has 1 rings (SSSR count). The molecule has 0 aliphatic heterocycles. The zero-order valence-electron chi connectivity index (χ0n) is 9.37. The molecule has 1 atom stereocenters. The van der Waals surface area contributed by atoms with E-state index >= 15 is 0 Å². The summed E-state index contributed by atoms with van der Waals surface area (Å²) < 4.78 is 11.7. The minimum Gasteiger partial charge on any atom is -0.480 e. The molecular weight excluding hydrogens is 241 g/mol. The van der Waals surface area contributed by atoms with Crippen molar-refractivity contribution in [3.8, 4) is 0 Å². The Bertz CT molecular complexity index is 407. The van der Waals surface area contributed by atoms with Gasteiger partial charge in [0.15, 0.2) is 0 Å². The molecule has 0 bridgehead atoms. The minimum atomic E-state index is -3.29. The summed E-state index contributed by atoms with van der Waals surface area (Å²) in [4.78, 5) is 19.8. The SMILES string of the molecule is O=C(O)CNCP(=O)(O)CCc1ccccc1. The third-order valence-electron chi connectivity index (χ3n) is 2.23. The van der Waals surface area contributed by atoms with Crippen LogP contribution in [0.2, 0.25) is 0 Å². The number of carbonyl (C=O) groups is 1. The van der Waals surface area contributed by atoms with Crippen molar-refractivity contribution in [1.29, 1.82) is 0 Å². The summed E-state index contributed by atoms with van der Waals surface area (Å²) in [7, 11) is -3.29. The van der Waals surface area contributed by atoms with E-state index in [-0.39, 0.29) is 19.0 Å². The van der Waals surface area contributed by atoms with Gasteiger partial charge in [0.1, 0.15) is 0 Å². The maximum absolute atomic E-state index is 11.7. The molecule has 17 heavy (non-hydrogen) atoms. The summed E-state index contributed by atoms with van der Waals surface area (Å²) in [6.07, 6.45) is 0.513. The molecule has 1 aromatic rings. The second-order valence-electron chi connectivity index (χ2n) is 3.78. The van der Waals surface area contributed by atoms with Gasteiger partial charge in [-0.3, -0.25) is 14.7 Å². The van der Waals surface area contributed by atoms with Gasteiger partial charge < -0.3 is 10.00 Å². The highest BCUT2D eigenvalue weighted by atomic mass is 31.2. The summed E-state index contributed by atoms with van der Waals surface area (Å²) in [5.41, 5.74) is 1.00. The number of hydrogen-bond acceptors (Lipinski definition) is 3. The second kappa shape index (κ2) is 6.55. The van der Waals surface area contributed by atoms with Crippen LogP contribution in [0.4, 0.5) is 0 Å². The van der Waals surface area contributed by atoms with Crippen molar-refractivity contribution in [2.24, 2.45) is 0 Å². The van der Waals surface area contributed by atoms with Crippen LogP contribution < -0.4 is 5.32 Å². The van der Waals surface area contributed by atoms with Gasteiger partial charge in [-0.15, -0.1) is 0 Å². The zero-order valence-corrected chi connectivity index (χ0v) is 10.3. The van der Waals surface area contributed by atoms with Gasteiger partial charge in [0.2, 0.25) is 7.37 Å². The Hall–Kier alpha value is -1.16. The molecule has 1 aromatic carbocycles. The summed E-state index contributed by atoms with van der Waals surface area (Å²) in [5.74, 6) is -1.03. The van der Waals surface area contributed by atoms with Gasteiger partial charge in [-0.1, -0.05) is 30.3 Å². The number of benzene rings is 1. The lowest BCUT2D eigenvalue weighted by atomic mass is 10.2. The first-order valence-electron chi connectivity index (χ1n) is 5.27. The molecule has 5 nitrogen and oxygen atoms in total. The molecule has 94 valence electrons. The molecule has 1 unspecified atom stereocenters. The van der Waals surface area contributed by atoms with E-state index in [9.17, 15) is 14.3 Å². The van der Waals surface area contributed by atoms with Crippen LogP contribution in [0.5, 0.6) is 0 Å². The van der Waals surface area contributed by atoms with Gasteiger partial charge in [-0.05, 0) is 12.0 Å². The van der Waals surface area contributed by atoms with Gasteiger partial charge in [0, 0.05) is 6.16 Å². The molecule has 6 heteroatoms. The Morgan fingerprint density at radius 2 is 1.94 bits per heavy atom. The number of rotatable bonds is 7. The van der Waals surface area contributed by atoms with E-state index in [2.05, 4.69) is 5.32 Å². The fraction of sp³-hybridized carbons (Fsp3) is 0.364. The Morgan fingerprint density at radius 1 is 1.29 bits per heavy atom. The van der Waals surface area contributed by atoms with Crippen molar-refractivity contribution in [1.82, 2.24) is 5.32 Å². The van der Waals surface area contributed by atoms with E-state index in [4.69, 9.17) is 5.11 Å². The normalized spacial score (nSPS) is 14.2. The van der Waals surface area contributed by atoms with Crippen molar-refractivity contribution < 1.29 is 19.4 Å². The smallest absolute Gasteiger partial charge is 0.317 e. The van der Waals surface area contributed by atoms with Gasteiger partial charge in [0.25, 0.3) is 0 Å². The molecule has 0 aliphatic carbocycles. The summed E-state index contributed by atoms with van der Waals surface area (Å²) >= 11 is 0. The monoisotopic (exact) mass is 257 g/mol. The average molecular weight is 257 g/mol. The summed E-state index contributed by atoms with van der Waals surface area (Å²) in [6.45, 7) is -0.296. The highest BCUT2D eigenvalue weighted by molar-refractivity contribution is 7.57. The van der Waals surface area contributed by atoms with Crippen LogP contribution in [-0.4, -0.2) is 35.0 Å². The number of aryl methyl sites for hydroxylation is 1. The van der Waals surface area contributed by atoms with Crippen LogP contribution in [0.25, 0.3) is 0 Å². The van der Waals surface area contributed by atoms with Crippen molar-refractivity contribution >= 4 is 13.3 Å². The van der Waals surface area contributed by atoms with E-state index in [1.165, 1.54) is 0 Å². The largest absolute Gasteiger partial charge is 0.480 e. The van der Waals surface area contributed by atoms with Crippen molar-refractivity contribution in [3.05, 3.63) is 35.9 Å². The minimum absolute atomic E-state index is 0.156. The number of nitrogens with one attached hydrogen (secondary N) is 1. The lowest BCUT2D eigenvalue weighted by Crippen LogP contribution is -2.24. The summed E-state index contributed by atoms with van der Waals surface area (Å²) in [5, 5.41) is 10.8. The number of carboxylic acids is 1. The molecule has 0 fully saturated rings. The number of carboxylic acid groups (broad SMARTS) is 1. The van der Waals surface area contributed by atoms with E-state index in [0.29, 0.717) is 6.42 Å². The molecule has 0 amide bonds. The van der Waals surface area contributed by atoms with E-state index in [1.807, 2.05) is 30.3 Å². The van der Waals surface area contributed by atoms with Crippen LogP contribution in [-0.2, 0) is 15.8 Å². The Labute approximate surface area is 99.9 Å². The zero-order chi connectivity index (χ0) is 12.7. The van der Waals surface area contributed by atoms with Crippen LogP contribution in [0, 0.1) is 0 Å². The Kier molecular flexibility index (Phi) is 5.35. The molecule has 0 radical (unpaired) electrons. The first kappa shape index (κ1) is 13.9. The van der Waals surface area contributed by atoms with E-state index in [0.717, 1.165) is 5.56 Å². The van der Waals surface area contributed by atoms with Crippen molar-refractivity contribution in [3.63, 3.8) is 0 Å².